The molecular weight excluding hydrogens is 510 g/mol. The van der Waals surface area contributed by atoms with Crippen molar-refractivity contribution in [2.24, 2.45) is 0 Å². The fourth-order valence-corrected chi connectivity index (χ4v) is 0. The first-order chi connectivity index (χ1) is 1.73. The number of hydrogen-bond acceptors (Lipinski definition) is 1. The maximum atomic E-state index is 8.74. The molecule has 11 heteroatoms. The molecule has 0 bridgehead atoms. The minimum atomic E-state index is -3.13. The fourth-order valence-electron chi connectivity index (χ4n) is 0. The van der Waals surface area contributed by atoms with Gasteiger partial charge in [0.05, 0.1) is 0 Å². The molecule has 0 amide bonds. The van der Waals surface area contributed by atoms with Crippen LogP contribution in [0.5, 0.6) is 0 Å². The molecule has 0 aliphatic rings. The van der Waals surface area contributed by atoms with Gasteiger partial charge in [0.2, 0.25) is 0 Å². The van der Waals surface area contributed by atoms with E-state index in [0.717, 1.165) is 0 Å². The van der Waals surface area contributed by atoms with Crippen molar-refractivity contribution in [1.82, 2.24) is 0 Å². The third kappa shape index (κ3) is 82.5. The summed E-state index contributed by atoms with van der Waals surface area (Å²) in [6.45, 7) is 0. The Labute approximate surface area is 224 Å². The van der Waals surface area contributed by atoms with E-state index >= 15 is 0 Å². The summed E-state index contributed by atoms with van der Waals surface area (Å²) in [7, 11) is -3.13. The van der Waals surface area contributed by atoms with Crippen molar-refractivity contribution in [1.29, 1.82) is 0 Å². The van der Waals surface area contributed by atoms with E-state index in [1.54, 1.807) is 0 Å². The topological polar surface area (TPSA) is 57.5 Å². The van der Waals surface area contributed by atoms with E-state index in [0.29, 0.717) is 0 Å². The summed E-state index contributed by atoms with van der Waals surface area (Å²) >= 11 is 0. The average Bonchev–Trinajstić information content (AvgIpc) is 0.811. The zero-order valence-electron chi connectivity index (χ0n) is 3.47. The van der Waals surface area contributed by atoms with E-state index in [9.17, 15) is 0 Å². The van der Waals surface area contributed by atoms with Crippen LogP contribution in [0.1, 0.15) is 0 Å². The molecule has 0 atom stereocenters. The molecular formula is H9CaLaMgMnNaO3SiSrZn. The molecule has 2 N–H and O–H groups in total. The van der Waals surface area contributed by atoms with E-state index < -0.39 is 9.17 Å². The molecule has 0 rings (SSSR count). The van der Waals surface area contributed by atoms with E-state index in [2.05, 4.69) is 0 Å². The van der Waals surface area contributed by atoms with Gasteiger partial charge in [0.25, 0.3) is 0 Å². The molecule has 2 radical (unpaired) electrons. The third-order valence-corrected chi connectivity index (χ3v) is 0. The van der Waals surface area contributed by atoms with Gasteiger partial charge >= 0.3 is 145 Å². The minimum Gasteiger partial charge on any atom is 0 e. The minimum absolute atomic E-state index is 0. The van der Waals surface area contributed by atoms with Crippen LogP contribution in [-0.2, 0) is 41.0 Å². The zero-order valence-corrected chi connectivity index (χ0v) is 12.2. The van der Waals surface area contributed by atoms with Crippen LogP contribution in [-0.4, -0.2) is 155 Å². The van der Waals surface area contributed by atoms with Crippen LogP contribution in [0.15, 0.2) is 0 Å². The summed E-state index contributed by atoms with van der Waals surface area (Å²) in [5.41, 5.74) is 0. The first-order valence-corrected chi connectivity index (χ1v) is 1.95. The largest absolute Gasteiger partial charge is 0 e. The number of hydrogen-bond donors (Lipinski definition) is 2. The van der Waals surface area contributed by atoms with Gasteiger partial charge in [0, 0.05) is 72.1 Å². The Morgan fingerprint density at radius 1 is 1.18 bits per heavy atom. The van der Waals surface area contributed by atoms with E-state index in [4.69, 9.17) is 14.1 Å². The molecule has 0 aromatic carbocycles. The van der Waals surface area contributed by atoms with Gasteiger partial charge in [-0.2, -0.15) is 0 Å². The van der Waals surface area contributed by atoms with Crippen LogP contribution in [0.4, 0.5) is 0 Å². The molecule has 50 valence electrons. The van der Waals surface area contributed by atoms with Crippen LogP contribution >= 0.6 is 0 Å². The van der Waals surface area contributed by atoms with Crippen molar-refractivity contribution in [3.63, 3.8) is 0 Å². The van der Waals surface area contributed by atoms with Crippen molar-refractivity contribution in [3.05, 3.63) is 0 Å². The van der Waals surface area contributed by atoms with Crippen molar-refractivity contribution in [3.8, 4) is 0 Å². The van der Waals surface area contributed by atoms with Crippen molar-refractivity contribution >= 4 is 145 Å². The molecule has 0 fully saturated rings. The van der Waals surface area contributed by atoms with Crippen molar-refractivity contribution in [2.75, 3.05) is 0 Å². The summed E-state index contributed by atoms with van der Waals surface area (Å²) in [5.74, 6) is 0. The quantitative estimate of drug-likeness (QED) is 0.316. The second kappa shape index (κ2) is 44.0. The summed E-state index contributed by atoms with van der Waals surface area (Å²) in [6.07, 6.45) is 0. The third-order valence-electron chi connectivity index (χ3n) is 0. The molecule has 0 aromatic rings. The molecule has 3 nitrogen and oxygen atoms in total. The van der Waals surface area contributed by atoms with Gasteiger partial charge in [0.1, 0.15) is 0 Å². The van der Waals surface area contributed by atoms with Gasteiger partial charge in [-0.15, -0.1) is 0 Å². The maximum absolute atomic E-state index is 8.74. The van der Waals surface area contributed by atoms with Crippen molar-refractivity contribution < 1.29 is 86.2 Å². The molecule has 11 heavy (non-hydrogen) atoms. The molecule has 0 aliphatic carbocycles. The second-order valence-electron chi connectivity index (χ2n) is 0.283. The molecule has 0 unspecified atom stereocenters. The Hall–Kier alpha value is 6.46. The smallest absolute Gasteiger partial charge is 0 e. The molecule has 0 saturated carbocycles. The van der Waals surface area contributed by atoms with Crippen LogP contribution in [0.3, 0.4) is 0 Å². The van der Waals surface area contributed by atoms with Gasteiger partial charge in [0.15, 0.2) is 0 Å². The Morgan fingerprint density at radius 3 is 1.18 bits per heavy atom. The van der Waals surface area contributed by atoms with E-state index in [1.807, 2.05) is 0 Å². The summed E-state index contributed by atoms with van der Waals surface area (Å²) in [4.78, 5) is 14.3. The molecule has 0 aromatic heterocycles. The van der Waals surface area contributed by atoms with Gasteiger partial charge in [-0.05, 0) is 0 Å². The SMILES string of the molecule is O=[Si](O)O.[CaH2].[La].[MgH2].[Mn].[NaH].[SrH2].[Zn]. The molecule has 0 saturated heterocycles. The Bertz CT molecular complexity index is 56.3. The predicted octanol–water partition coefficient (Wildman–Crippen LogP) is -5.02. The first-order valence-electron chi connectivity index (χ1n) is 0.651. The van der Waals surface area contributed by atoms with Gasteiger partial charge in [-0.3, -0.25) is 4.46 Å². The molecule has 0 spiro atoms. The zero-order chi connectivity index (χ0) is 3.58. The van der Waals surface area contributed by atoms with Crippen LogP contribution in [0.25, 0.3) is 0 Å². The van der Waals surface area contributed by atoms with Crippen LogP contribution in [0.2, 0.25) is 0 Å². The molecule has 0 aliphatic heterocycles. The normalized spacial score (nSPS) is 2.18. The summed E-state index contributed by atoms with van der Waals surface area (Å²) in [5, 5.41) is 0. The summed E-state index contributed by atoms with van der Waals surface area (Å²) in [6, 6.07) is 0. The summed E-state index contributed by atoms with van der Waals surface area (Å²) < 4.78 is 8.74. The first kappa shape index (κ1) is 52.9. The standard InChI is InChI=1S/Ca.La.Mg.Mn.Na.H2O3Si.Sr.Zn.7H/c;;;;;1-4(2)3;;;;;;;;;/h;;;;;1-2H;;;;;;;;;. The molecule has 0 heterocycles. The predicted molar refractivity (Wildman–Crippen MR) is 43.7 cm³/mol. The van der Waals surface area contributed by atoms with Crippen molar-refractivity contribution in [2.45, 2.75) is 0 Å². The monoisotopic (exact) mass is 518 g/mol. The van der Waals surface area contributed by atoms with Gasteiger partial charge < -0.3 is 9.59 Å². The van der Waals surface area contributed by atoms with E-state index in [1.165, 1.54) is 0 Å². The van der Waals surface area contributed by atoms with Crippen LogP contribution in [0, 0.1) is 35.6 Å². The average molecular weight is 519 g/mol. The van der Waals surface area contributed by atoms with Crippen LogP contribution < -0.4 is 0 Å². The second-order valence-corrected chi connectivity index (χ2v) is 0.848. The Morgan fingerprint density at radius 2 is 1.18 bits per heavy atom. The number of rotatable bonds is 0. The van der Waals surface area contributed by atoms with Gasteiger partial charge in [-0.1, -0.05) is 0 Å². The Balaban J connectivity index is -0.00000000214. The fraction of sp³-hybridized carbons (Fsp3) is 0. The Kier molecular flexibility index (Phi) is 211. The van der Waals surface area contributed by atoms with E-state index in [-0.39, 0.29) is 208 Å². The maximum Gasteiger partial charge on any atom is 0 e. The van der Waals surface area contributed by atoms with Gasteiger partial charge in [-0.25, -0.2) is 0 Å².